The SMILES string of the molecule is Cl.N=C(N)c1cccc(C2=CCN(C(=O)c3cncc(C#Cc4ccccc4)c3)CC2)c1. The Morgan fingerprint density at radius 2 is 1.75 bits per heavy atom. The minimum Gasteiger partial charge on any atom is -0.384 e. The van der Waals surface area contributed by atoms with Crippen LogP contribution in [0.15, 0.2) is 79.1 Å². The highest BCUT2D eigenvalue weighted by Crippen LogP contribution is 2.24. The minimum atomic E-state index is -0.0522. The Morgan fingerprint density at radius 1 is 0.969 bits per heavy atom. The third kappa shape index (κ3) is 5.42. The molecule has 3 aromatic rings. The molecule has 3 N–H and O–H groups in total. The van der Waals surface area contributed by atoms with Crippen LogP contribution in [0.25, 0.3) is 5.57 Å². The molecule has 0 saturated carbocycles. The Hall–Kier alpha value is -3.88. The van der Waals surface area contributed by atoms with E-state index in [-0.39, 0.29) is 24.1 Å². The average Bonchev–Trinajstić information content (AvgIpc) is 2.83. The summed E-state index contributed by atoms with van der Waals surface area (Å²) in [4.78, 5) is 19.0. The molecular formula is C26H23ClN4O. The monoisotopic (exact) mass is 442 g/mol. The van der Waals surface area contributed by atoms with E-state index in [2.05, 4.69) is 22.9 Å². The molecule has 4 rings (SSSR count). The third-order valence-corrected chi connectivity index (χ3v) is 5.15. The van der Waals surface area contributed by atoms with Gasteiger partial charge in [0, 0.05) is 42.2 Å². The Morgan fingerprint density at radius 3 is 2.47 bits per heavy atom. The first-order valence-electron chi connectivity index (χ1n) is 10.1. The molecule has 1 amide bonds. The van der Waals surface area contributed by atoms with Crippen LogP contribution in [-0.2, 0) is 0 Å². The number of nitrogens with two attached hydrogens (primary N) is 1. The lowest BCUT2D eigenvalue weighted by atomic mass is 9.97. The maximum absolute atomic E-state index is 13.0. The second-order valence-corrected chi connectivity index (χ2v) is 7.30. The molecule has 0 saturated heterocycles. The average molecular weight is 443 g/mol. The molecule has 0 radical (unpaired) electrons. The van der Waals surface area contributed by atoms with Gasteiger partial charge in [-0.25, -0.2) is 0 Å². The summed E-state index contributed by atoms with van der Waals surface area (Å²) in [6.45, 7) is 1.15. The number of halogens is 1. The van der Waals surface area contributed by atoms with Gasteiger partial charge in [0.25, 0.3) is 5.91 Å². The van der Waals surface area contributed by atoms with Crippen molar-refractivity contribution in [2.75, 3.05) is 13.1 Å². The van der Waals surface area contributed by atoms with Gasteiger partial charge in [-0.3, -0.25) is 15.2 Å². The second-order valence-electron chi connectivity index (χ2n) is 7.30. The first-order valence-corrected chi connectivity index (χ1v) is 10.1. The molecule has 5 nitrogen and oxygen atoms in total. The number of carbonyl (C=O) groups excluding carboxylic acids is 1. The van der Waals surface area contributed by atoms with Crippen molar-refractivity contribution >= 4 is 29.7 Å². The van der Waals surface area contributed by atoms with Crippen molar-refractivity contribution in [2.45, 2.75) is 6.42 Å². The maximum Gasteiger partial charge on any atom is 0.255 e. The van der Waals surface area contributed by atoms with Crippen molar-refractivity contribution in [3.05, 3.63) is 107 Å². The largest absolute Gasteiger partial charge is 0.384 e. The molecule has 0 fully saturated rings. The summed E-state index contributed by atoms with van der Waals surface area (Å²) < 4.78 is 0. The summed E-state index contributed by atoms with van der Waals surface area (Å²) >= 11 is 0. The smallest absolute Gasteiger partial charge is 0.255 e. The quantitative estimate of drug-likeness (QED) is 0.363. The summed E-state index contributed by atoms with van der Waals surface area (Å²) in [5, 5.41) is 7.62. The predicted molar refractivity (Wildman–Crippen MR) is 130 cm³/mol. The standard InChI is InChI=1S/C26H22N4O.ClH/c27-25(28)23-8-4-7-22(16-23)21-11-13-30(14-12-21)26(31)24-15-20(17-29-18-24)10-9-19-5-2-1-3-6-19;/h1-8,11,15-18H,12-14H2,(H3,27,28);1H. The Balaban J connectivity index is 0.00000289. The number of carbonyl (C=O) groups is 1. The van der Waals surface area contributed by atoms with E-state index in [1.165, 1.54) is 0 Å². The van der Waals surface area contributed by atoms with E-state index in [1.807, 2.05) is 59.5 Å². The van der Waals surface area contributed by atoms with Gasteiger partial charge < -0.3 is 10.6 Å². The lowest BCUT2D eigenvalue weighted by molar-refractivity contribution is 0.0772. The van der Waals surface area contributed by atoms with Crippen molar-refractivity contribution in [2.24, 2.45) is 5.73 Å². The molecule has 1 aliphatic rings. The zero-order chi connectivity index (χ0) is 21.6. The molecule has 0 aliphatic carbocycles. The van der Waals surface area contributed by atoms with Crippen molar-refractivity contribution < 1.29 is 4.79 Å². The zero-order valence-corrected chi connectivity index (χ0v) is 18.2. The fourth-order valence-corrected chi connectivity index (χ4v) is 3.48. The molecule has 160 valence electrons. The number of rotatable bonds is 3. The van der Waals surface area contributed by atoms with Crippen LogP contribution in [0, 0.1) is 17.3 Å². The van der Waals surface area contributed by atoms with E-state index in [0.717, 1.165) is 23.1 Å². The van der Waals surface area contributed by atoms with Crippen molar-refractivity contribution in [1.29, 1.82) is 5.41 Å². The Kier molecular flexibility index (Phi) is 7.43. The lowest BCUT2D eigenvalue weighted by Gasteiger charge is -2.27. The zero-order valence-electron chi connectivity index (χ0n) is 17.4. The fraction of sp³-hybridized carbons (Fsp3) is 0.115. The third-order valence-electron chi connectivity index (χ3n) is 5.15. The van der Waals surface area contributed by atoms with Crippen LogP contribution in [0.4, 0.5) is 0 Å². The lowest BCUT2D eigenvalue weighted by Crippen LogP contribution is -2.34. The molecule has 6 heteroatoms. The normalized spacial score (nSPS) is 12.6. The number of aromatic nitrogens is 1. The van der Waals surface area contributed by atoms with Gasteiger partial charge in [0.15, 0.2) is 0 Å². The number of benzene rings is 2. The van der Waals surface area contributed by atoms with Gasteiger partial charge in [-0.15, -0.1) is 12.4 Å². The van der Waals surface area contributed by atoms with Crippen LogP contribution in [0.3, 0.4) is 0 Å². The molecule has 0 atom stereocenters. The number of amides is 1. The number of nitrogen functional groups attached to an aromatic ring is 1. The summed E-state index contributed by atoms with van der Waals surface area (Å²) in [7, 11) is 0. The maximum atomic E-state index is 13.0. The molecule has 1 aliphatic heterocycles. The number of amidine groups is 1. The first kappa shape index (κ1) is 22.8. The van der Waals surface area contributed by atoms with E-state index in [1.54, 1.807) is 18.5 Å². The van der Waals surface area contributed by atoms with E-state index in [9.17, 15) is 4.79 Å². The Bertz CT molecular complexity index is 1230. The summed E-state index contributed by atoms with van der Waals surface area (Å²) in [5.74, 6) is 6.18. The summed E-state index contributed by atoms with van der Waals surface area (Å²) in [6, 6.07) is 19.2. The van der Waals surface area contributed by atoms with E-state index < -0.39 is 0 Å². The van der Waals surface area contributed by atoms with Crippen molar-refractivity contribution in [3.63, 3.8) is 0 Å². The highest BCUT2D eigenvalue weighted by Gasteiger charge is 2.20. The van der Waals surface area contributed by atoms with E-state index in [4.69, 9.17) is 11.1 Å². The molecule has 32 heavy (non-hydrogen) atoms. The number of hydrogen-bond donors (Lipinski definition) is 2. The number of nitrogens with zero attached hydrogens (tertiary/aromatic N) is 2. The van der Waals surface area contributed by atoms with Crippen molar-refractivity contribution in [1.82, 2.24) is 9.88 Å². The molecule has 2 heterocycles. The van der Waals surface area contributed by atoms with Gasteiger partial charge in [-0.05, 0) is 41.8 Å². The summed E-state index contributed by atoms with van der Waals surface area (Å²) in [6.07, 6.45) is 6.07. The molecule has 1 aromatic heterocycles. The highest BCUT2D eigenvalue weighted by atomic mass is 35.5. The highest BCUT2D eigenvalue weighted by molar-refractivity contribution is 5.96. The van der Waals surface area contributed by atoms with Gasteiger partial charge >= 0.3 is 0 Å². The van der Waals surface area contributed by atoms with Crippen LogP contribution < -0.4 is 5.73 Å². The van der Waals surface area contributed by atoms with Gasteiger partial charge in [-0.2, -0.15) is 0 Å². The molecule has 0 unspecified atom stereocenters. The topological polar surface area (TPSA) is 83.1 Å². The predicted octanol–water partition coefficient (Wildman–Crippen LogP) is 4.12. The van der Waals surface area contributed by atoms with Crippen LogP contribution in [-0.4, -0.2) is 34.7 Å². The Labute approximate surface area is 193 Å². The fourth-order valence-electron chi connectivity index (χ4n) is 3.48. The van der Waals surface area contributed by atoms with Crippen LogP contribution in [0.1, 0.15) is 39.0 Å². The minimum absolute atomic E-state index is 0. The van der Waals surface area contributed by atoms with Gasteiger partial charge in [0.1, 0.15) is 5.84 Å². The van der Waals surface area contributed by atoms with Crippen LogP contribution >= 0.6 is 12.4 Å². The van der Waals surface area contributed by atoms with E-state index >= 15 is 0 Å². The number of nitrogens with one attached hydrogen (secondary N) is 1. The van der Waals surface area contributed by atoms with Crippen LogP contribution in [0.5, 0.6) is 0 Å². The van der Waals surface area contributed by atoms with Crippen LogP contribution in [0.2, 0.25) is 0 Å². The van der Waals surface area contributed by atoms with Gasteiger partial charge in [-0.1, -0.05) is 54.3 Å². The summed E-state index contributed by atoms with van der Waals surface area (Å²) in [5.41, 5.74) is 10.7. The van der Waals surface area contributed by atoms with E-state index in [0.29, 0.717) is 29.8 Å². The van der Waals surface area contributed by atoms with Gasteiger partial charge in [0.05, 0.1) is 5.56 Å². The molecule has 0 spiro atoms. The molecular weight excluding hydrogens is 420 g/mol. The number of hydrogen-bond acceptors (Lipinski definition) is 3. The van der Waals surface area contributed by atoms with Gasteiger partial charge in [0.2, 0.25) is 0 Å². The first-order chi connectivity index (χ1) is 15.1. The number of pyridine rings is 1. The molecule has 2 aromatic carbocycles. The molecule has 0 bridgehead atoms. The van der Waals surface area contributed by atoms with Crippen molar-refractivity contribution in [3.8, 4) is 11.8 Å². The second kappa shape index (κ2) is 10.4.